The van der Waals surface area contributed by atoms with Crippen LogP contribution in [0.4, 0.5) is 11.4 Å². The maximum absolute atomic E-state index is 13.7. The minimum absolute atomic E-state index is 0.00949. The predicted octanol–water partition coefficient (Wildman–Crippen LogP) is 13.3. The van der Waals surface area contributed by atoms with E-state index in [1.54, 1.807) is 17.4 Å². The van der Waals surface area contributed by atoms with Crippen LogP contribution in [-0.4, -0.2) is 28.7 Å². The second-order valence-corrected chi connectivity index (χ2v) is 17.7. The number of hydrogen-bond acceptors (Lipinski definition) is 6. The Balaban J connectivity index is 1.04. The first-order chi connectivity index (χ1) is 29.8. The van der Waals surface area contributed by atoms with Crippen LogP contribution in [0.25, 0.3) is 28.2 Å². The van der Waals surface area contributed by atoms with Crippen LogP contribution in [0.15, 0.2) is 133 Å². The third kappa shape index (κ3) is 7.84. The summed E-state index contributed by atoms with van der Waals surface area (Å²) in [5, 5.41) is 9.83. The van der Waals surface area contributed by atoms with E-state index in [2.05, 4.69) is 127 Å². The quantitative estimate of drug-likeness (QED) is 0.0491. The summed E-state index contributed by atoms with van der Waals surface area (Å²) in [6.07, 6.45) is 13.8. The van der Waals surface area contributed by atoms with Crippen molar-refractivity contribution in [3.63, 3.8) is 0 Å². The molecule has 3 atom stereocenters. The zero-order valence-electron chi connectivity index (χ0n) is 34.5. The van der Waals surface area contributed by atoms with Crippen molar-refractivity contribution < 1.29 is 19.5 Å². The largest absolute Gasteiger partial charge is 0.478 e. The Morgan fingerprint density at radius 2 is 1.54 bits per heavy atom. The minimum Gasteiger partial charge on any atom is -0.478 e. The fraction of sp³-hybridized carbons (Fsp3) is 0.241. The summed E-state index contributed by atoms with van der Waals surface area (Å²) < 4.78 is 0. The smallest absolute Gasteiger partial charge is 0.336 e. The molecule has 0 bridgehead atoms. The van der Waals surface area contributed by atoms with Crippen molar-refractivity contribution in [3.8, 4) is 10.4 Å². The molecule has 5 aromatic carbocycles. The van der Waals surface area contributed by atoms with Crippen LogP contribution >= 0.6 is 11.3 Å². The molecule has 6 nitrogen and oxygen atoms in total. The van der Waals surface area contributed by atoms with Crippen molar-refractivity contribution in [1.82, 2.24) is 0 Å². The number of allylic oxidation sites excluding steroid dienone is 1. The number of unbranched alkanes of at least 4 members (excludes halogenated alkanes) is 4. The third-order valence-corrected chi connectivity index (χ3v) is 13.9. The molecular formula is C54H50N2O4S. The zero-order chi connectivity index (χ0) is 42.0. The number of aromatic carboxylic acids is 1. The molecule has 306 valence electrons. The van der Waals surface area contributed by atoms with Crippen LogP contribution in [0.1, 0.15) is 140 Å². The lowest BCUT2D eigenvalue weighted by Gasteiger charge is -2.27. The Bertz CT molecular complexity index is 2640. The molecule has 3 N–H and O–H groups in total. The number of hydrogen-bond donors (Lipinski definition) is 2. The number of nitrogens with zero attached hydrogens (tertiary/aromatic N) is 1. The van der Waals surface area contributed by atoms with Gasteiger partial charge in [-0.1, -0.05) is 136 Å². The van der Waals surface area contributed by atoms with Gasteiger partial charge in [0.25, 0.3) is 0 Å². The Morgan fingerprint density at radius 1 is 0.820 bits per heavy atom. The molecule has 61 heavy (non-hydrogen) atoms. The van der Waals surface area contributed by atoms with Gasteiger partial charge in [-0.15, -0.1) is 11.3 Å². The number of rotatable bonds is 14. The maximum atomic E-state index is 13.7. The first-order valence-corrected chi connectivity index (χ1v) is 22.5. The number of Topliss-reactive ketones (excluding diaryl/α,β-unsaturated/α-hetero) is 2. The number of nitrogens with two attached hydrogens (primary N) is 1. The van der Waals surface area contributed by atoms with Crippen molar-refractivity contribution >= 4 is 58.0 Å². The van der Waals surface area contributed by atoms with Gasteiger partial charge in [-0.2, -0.15) is 0 Å². The fourth-order valence-corrected chi connectivity index (χ4v) is 10.9. The molecule has 1 fully saturated rings. The molecule has 3 aliphatic rings. The van der Waals surface area contributed by atoms with Crippen LogP contribution in [0.3, 0.4) is 0 Å². The van der Waals surface area contributed by atoms with Gasteiger partial charge in [-0.05, 0) is 107 Å². The van der Waals surface area contributed by atoms with Gasteiger partial charge in [0.1, 0.15) is 0 Å². The molecule has 0 radical (unpaired) electrons. The highest BCUT2D eigenvalue weighted by atomic mass is 32.1. The molecule has 6 aromatic rings. The summed E-state index contributed by atoms with van der Waals surface area (Å²) >= 11 is 1.54. The van der Waals surface area contributed by atoms with E-state index in [0.717, 1.165) is 58.5 Å². The van der Waals surface area contributed by atoms with Gasteiger partial charge in [0.15, 0.2) is 11.6 Å². The van der Waals surface area contributed by atoms with E-state index in [1.165, 1.54) is 77.5 Å². The minimum atomic E-state index is -1.23. The van der Waals surface area contributed by atoms with Gasteiger partial charge in [0.2, 0.25) is 0 Å². The van der Waals surface area contributed by atoms with Crippen LogP contribution in [0.2, 0.25) is 0 Å². The van der Waals surface area contributed by atoms with Crippen LogP contribution in [-0.2, 0) is 0 Å². The van der Waals surface area contributed by atoms with Crippen LogP contribution < -0.4 is 10.6 Å². The lowest BCUT2D eigenvalue weighted by Crippen LogP contribution is -2.26. The van der Waals surface area contributed by atoms with Gasteiger partial charge >= 0.3 is 5.97 Å². The molecule has 1 aliphatic heterocycles. The van der Waals surface area contributed by atoms with Crippen LogP contribution in [0.5, 0.6) is 0 Å². The van der Waals surface area contributed by atoms with Gasteiger partial charge < -0.3 is 15.7 Å². The number of carbonyl (C=O) groups excluding carboxylic acids is 2. The van der Waals surface area contributed by atoms with E-state index in [4.69, 9.17) is 5.73 Å². The zero-order valence-corrected chi connectivity index (χ0v) is 35.3. The highest BCUT2D eigenvalue weighted by Gasteiger charge is 2.42. The number of anilines is 2. The SMILES string of the molecule is CCCCCCCC(N)c1cc(-c2ccc3c(c2)C2CCCC2N3c2ccc(C=C(c3ccccc3)c3ccccc3)cc2)sc1/C=C1/C(=O)c2cccc(C(=O)O)c2C1=O. The van der Waals surface area contributed by atoms with Crippen molar-refractivity contribution in [2.24, 2.45) is 5.73 Å². The summed E-state index contributed by atoms with van der Waals surface area (Å²) in [5.74, 6) is -1.80. The van der Waals surface area contributed by atoms with Crippen LogP contribution in [0, 0.1) is 0 Å². The van der Waals surface area contributed by atoms with Gasteiger partial charge in [0.05, 0.1) is 11.1 Å². The van der Waals surface area contributed by atoms with Crippen molar-refractivity contribution in [2.75, 3.05) is 4.90 Å². The number of thiophene rings is 1. The van der Waals surface area contributed by atoms with Crippen molar-refractivity contribution in [2.45, 2.75) is 82.7 Å². The summed E-state index contributed by atoms with van der Waals surface area (Å²) in [5.41, 5.74) is 17.4. The Labute approximate surface area is 362 Å². The van der Waals surface area contributed by atoms with Gasteiger partial charge in [-0.3, -0.25) is 9.59 Å². The molecule has 1 aromatic heterocycles. The number of fused-ring (bicyclic) bond motifs is 4. The molecule has 0 amide bonds. The molecule has 0 saturated heterocycles. The van der Waals surface area contributed by atoms with E-state index >= 15 is 0 Å². The lowest BCUT2D eigenvalue weighted by atomic mass is 9.95. The molecule has 9 rings (SSSR count). The monoisotopic (exact) mass is 822 g/mol. The topological polar surface area (TPSA) is 101 Å². The van der Waals surface area contributed by atoms with E-state index in [9.17, 15) is 19.5 Å². The van der Waals surface area contributed by atoms with E-state index in [0.29, 0.717) is 12.0 Å². The number of carboxylic acids is 1. The van der Waals surface area contributed by atoms with Gasteiger partial charge in [-0.25, -0.2) is 4.79 Å². The second kappa shape index (κ2) is 17.4. The predicted molar refractivity (Wildman–Crippen MR) is 249 cm³/mol. The second-order valence-electron chi connectivity index (χ2n) is 16.6. The summed E-state index contributed by atoms with van der Waals surface area (Å²) in [4.78, 5) is 43.8. The maximum Gasteiger partial charge on any atom is 0.336 e. The van der Waals surface area contributed by atoms with E-state index < -0.39 is 17.5 Å². The Morgan fingerprint density at radius 3 is 2.25 bits per heavy atom. The lowest BCUT2D eigenvalue weighted by molar-refractivity contribution is 0.0692. The first-order valence-electron chi connectivity index (χ1n) is 21.7. The molecule has 3 unspecified atom stereocenters. The van der Waals surface area contributed by atoms with Gasteiger partial charge in [0, 0.05) is 50.3 Å². The molecule has 2 aliphatic carbocycles. The first kappa shape index (κ1) is 40.3. The molecule has 0 spiro atoms. The average molecular weight is 823 g/mol. The summed E-state index contributed by atoms with van der Waals surface area (Å²) in [6, 6.07) is 43.6. The number of ketones is 2. The standard InChI is InChI=1S/C54H50N2O4S/c1-2-3-4-5-12-22-46(55)44-32-49(61-50(44)33-45-52(57)40-20-13-21-41(54(59)60)51(40)53(45)58)37-26-29-48-43(31-37)39-19-14-23-47(39)56(48)38-27-24-34(25-28-38)30-42(35-15-8-6-9-16-35)36-17-10-7-11-18-36/h6-11,13,15-18,20-21,24-33,39,46-47H,2-5,12,14,19,22-23,55H2,1H3,(H,59,60)/b45-33-. The Kier molecular flexibility index (Phi) is 11.5. The molecule has 2 heterocycles. The third-order valence-electron chi connectivity index (χ3n) is 12.8. The highest BCUT2D eigenvalue weighted by molar-refractivity contribution is 7.16. The normalized spacial score (nSPS) is 17.7. The molecule has 7 heteroatoms. The van der Waals surface area contributed by atoms with E-state index in [1.807, 2.05) is 0 Å². The van der Waals surface area contributed by atoms with Crippen molar-refractivity contribution in [3.05, 3.63) is 182 Å². The number of benzene rings is 5. The number of carbonyl (C=O) groups is 3. The summed E-state index contributed by atoms with van der Waals surface area (Å²) in [6.45, 7) is 2.20. The van der Waals surface area contributed by atoms with Crippen molar-refractivity contribution in [1.29, 1.82) is 0 Å². The highest BCUT2D eigenvalue weighted by Crippen LogP contribution is 2.53. The number of carboxylic acid groups (broad SMARTS) is 1. The summed E-state index contributed by atoms with van der Waals surface area (Å²) in [7, 11) is 0. The van der Waals surface area contributed by atoms with E-state index in [-0.39, 0.29) is 28.3 Å². The Hall–Kier alpha value is -6.15. The molecule has 1 saturated carbocycles. The molecular weight excluding hydrogens is 773 g/mol. The average Bonchev–Trinajstić information content (AvgIpc) is 4.06. The fourth-order valence-electron chi connectivity index (χ4n) is 9.71.